The maximum Gasteiger partial charge on any atom is 0.205 e. The molecule has 8 heteroatoms. The van der Waals surface area contributed by atoms with E-state index in [-0.39, 0.29) is 0 Å². The van der Waals surface area contributed by atoms with Crippen LogP contribution in [0, 0.1) is 0 Å². The molecule has 5 rings (SSSR count). The number of para-hydroxylation sites is 1. The molecule has 0 bridgehead atoms. The average molecular weight is 380 g/mol. The van der Waals surface area contributed by atoms with Crippen LogP contribution < -0.4 is 9.80 Å². The Labute approximate surface area is 160 Å². The van der Waals surface area contributed by atoms with Crippen molar-refractivity contribution in [2.75, 3.05) is 36.0 Å². The Bertz CT molecular complexity index is 1090. The smallest absolute Gasteiger partial charge is 0.205 e. The molecular formula is C19H20N6OS. The summed E-state index contributed by atoms with van der Waals surface area (Å²) in [4.78, 5) is 18.3. The van der Waals surface area contributed by atoms with E-state index in [0.29, 0.717) is 0 Å². The second kappa shape index (κ2) is 6.77. The van der Waals surface area contributed by atoms with Crippen molar-refractivity contribution in [2.45, 2.75) is 19.8 Å². The molecule has 1 aliphatic heterocycles. The van der Waals surface area contributed by atoms with Gasteiger partial charge in [-0.25, -0.2) is 15.0 Å². The Hall–Kier alpha value is -2.74. The van der Waals surface area contributed by atoms with E-state index in [2.05, 4.69) is 36.0 Å². The highest BCUT2D eigenvalue weighted by atomic mass is 32.1. The number of furan rings is 1. The molecule has 0 aliphatic carbocycles. The summed E-state index contributed by atoms with van der Waals surface area (Å²) >= 11 is 1.49. The summed E-state index contributed by atoms with van der Waals surface area (Å²) in [6, 6.07) is 8.01. The van der Waals surface area contributed by atoms with Gasteiger partial charge in [-0.1, -0.05) is 19.1 Å². The summed E-state index contributed by atoms with van der Waals surface area (Å²) in [6.07, 6.45) is 3.55. The molecule has 0 N–H and O–H groups in total. The van der Waals surface area contributed by atoms with Crippen LogP contribution in [0.1, 0.15) is 19.2 Å². The summed E-state index contributed by atoms with van der Waals surface area (Å²) in [5.41, 5.74) is 2.51. The molecule has 0 saturated carbocycles. The van der Waals surface area contributed by atoms with Crippen molar-refractivity contribution in [3.8, 4) is 0 Å². The highest BCUT2D eigenvalue weighted by Gasteiger charge is 2.22. The van der Waals surface area contributed by atoms with Gasteiger partial charge in [0, 0.05) is 49.5 Å². The maximum absolute atomic E-state index is 6.11. The Balaban J connectivity index is 1.45. The number of aromatic nitrogens is 4. The molecule has 0 atom stereocenters. The zero-order valence-corrected chi connectivity index (χ0v) is 15.9. The van der Waals surface area contributed by atoms with Crippen LogP contribution in [0.4, 0.5) is 10.9 Å². The number of rotatable bonds is 3. The quantitative estimate of drug-likeness (QED) is 0.538. The van der Waals surface area contributed by atoms with Crippen molar-refractivity contribution in [1.82, 2.24) is 19.3 Å². The highest BCUT2D eigenvalue weighted by Crippen LogP contribution is 2.32. The second-order valence-corrected chi connectivity index (χ2v) is 7.38. The minimum atomic E-state index is 0.774. The van der Waals surface area contributed by atoms with E-state index in [9.17, 15) is 0 Å². The predicted octanol–water partition coefficient (Wildman–Crippen LogP) is 3.51. The third-order valence-corrected chi connectivity index (χ3v) is 5.79. The molecule has 1 fully saturated rings. The van der Waals surface area contributed by atoms with E-state index in [1.54, 1.807) is 6.33 Å². The molecule has 1 saturated heterocycles. The van der Waals surface area contributed by atoms with Crippen molar-refractivity contribution in [3.05, 3.63) is 36.4 Å². The van der Waals surface area contributed by atoms with Crippen molar-refractivity contribution < 1.29 is 4.42 Å². The third-order valence-electron chi connectivity index (χ3n) is 4.98. The molecule has 0 unspecified atom stereocenters. The average Bonchev–Trinajstić information content (AvgIpc) is 3.26. The van der Waals surface area contributed by atoms with Gasteiger partial charge in [-0.05, 0) is 18.6 Å². The van der Waals surface area contributed by atoms with Gasteiger partial charge in [-0.2, -0.15) is 4.37 Å². The van der Waals surface area contributed by atoms with Crippen LogP contribution >= 0.6 is 11.5 Å². The molecule has 0 spiro atoms. The Morgan fingerprint density at radius 1 is 1.07 bits per heavy atom. The first-order chi connectivity index (χ1) is 13.3. The van der Waals surface area contributed by atoms with E-state index in [0.717, 1.165) is 77.9 Å². The lowest BCUT2D eigenvalue weighted by atomic mass is 10.2. The van der Waals surface area contributed by atoms with Crippen LogP contribution in [0.3, 0.4) is 0 Å². The number of benzene rings is 1. The van der Waals surface area contributed by atoms with Crippen LogP contribution in [-0.4, -0.2) is 45.5 Å². The summed E-state index contributed by atoms with van der Waals surface area (Å²) < 4.78 is 10.5. The fraction of sp³-hybridized carbons (Fsp3) is 0.368. The molecule has 0 amide bonds. The first-order valence-electron chi connectivity index (χ1n) is 9.28. The Morgan fingerprint density at radius 3 is 2.81 bits per heavy atom. The zero-order chi connectivity index (χ0) is 18.2. The third kappa shape index (κ3) is 2.90. The number of aryl methyl sites for hydroxylation is 1. The second-order valence-electron chi connectivity index (χ2n) is 6.65. The molecule has 4 heterocycles. The van der Waals surface area contributed by atoms with Crippen LogP contribution in [0.15, 0.2) is 35.0 Å². The minimum Gasteiger partial charge on any atom is -0.450 e. The Kier molecular flexibility index (Phi) is 4.12. The lowest BCUT2D eigenvalue weighted by molar-refractivity contribution is 0.659. The van der Waals surface area contributed by atoms with Crippen LogP contribution in [0.25, 0.3) is 22.1 Å². The first kappa shape index (κ1) is 16.4. The fourth-order valence-electron chi connectivity index (χ4n) is 3.57. The van der Waals surface area contributed by atoms with Gasteiger partial charge < -0.3 is 14.2 Å². The van der Waals surface area contributed by atoms with Crippen molar-refractivity contribution in [1.29, 1.82) is 0 Å². The number of fused-ring (bicyclic) bond motifs is 3. The predicted molar refractivity (Wildman–Crippen MR) is 108 cm³/mol. The molecule has 0 radical (unpaired) electrons. The molecule has 7 nitrogen and oxygen atoms in total. The zero-order valence-electron chi connectivity index (χ0n) is 15.1. The van der Waals surface area contributed by atoms with Crippen LogP contribution in [0.2, 0.25) is 0 Å². The fourth-order valence-corrected chi connectivity index (χ4v) is 4.38. The first-order valence-corrected chi connectivity index (χ1v) is 10.1. The molecule has 27 heavy (non-hydrogen) atoms. The Morgan fingerprint density at radius 2 is 1.93 bits per heavy atom. The van der Waals surface area contributed by atoms with Crippen LogP contribution in [0.5, 0.6) is 0 Å². The van der Waals surface area contributed by atoms with Crippen molar-refractivity contribution in [2.24, 2.45) is 0 Å². The number of nitrogens with zero attached hydrogens (tertiary/aromatic N) is 6. The van der Waals surface area contributed by atoms with Gasteiger partial charge in [0.15, 0.2) is 11.4 Å². The van der Waals surface area contributed by atoms with Gasteiger partial charge in [0.2, 0.25) is 5.13 Å². The lowest BCUT2D eigenvalue weighted by Gasteiger charge is -2.22. The van der Waals surface area contributed by atoms with E-state index in [1.807, 2.05) is 24.3 Å². The normalized spacial score (nSPS) is 15.6. The molecular weight excluding hydrogens is 360 g/mol. The number of hydrogen-bond acceptors (Lipinski definition) is 8. The molecule has 4 aromatic rings. The number of hydrogen-bond donors (Lipinski definition) is 0. The standard InChI is InChI=1S/C19H20N6OS/c1-2-15-22-19(27-23-15)25-9-5-8-24(10-11-25)18-17-16(20-12-21-18)13-6-3-4-7-14(13)26-17/h3-4,6-7,12H,2,5,8-11H2,1H3. The molecule has 138 valence electrons. The minimum absolute atomic E-state index is 0.774. The summed E-state index contributed by atoms with van der Waals surface area (Å²) in [5.74, 6) is 1.81. The van der Waals surface area contributed by atoms with Gasteiger partial charge in [0.05, 0.1) is 0 Å². The van der Waals surface area contributed by atoms with Gasteiger partial charge in [-0.15, -0.1) is 0 Å². The van der Waals surface area contributed by atoms with E-state index in [1.165, 1.54) is 11.5 Å². The lowest BCUT2D eigenvalue weighted by Crippen LogP contribution is -2.31. The van der Waals surface area contributed by atoms with E-state index < -0.39 is 0 Å². The van der Waals surface area contributed by atoms with E-state index >= 15 is 0 Å². The maximum atomic E-state index is 6.11. The van der Waals surface area contributed by atoms with Crippen molar-refractivity contribution in [3.63, 3.8) is 0 Å². The summed E-state index contributed by atoms with van der Waals surface area (Å²) in [5, 5.41) is 2.05. The summed E-state index contributed by atoms with van der Waals surface area (Å²) in [7, 11) is 0. The monoisotopic (exact) mass is 380 g/mol. The van der Waals surface area contributed by atoms with Gasteiger partial charge in [0.1, 0.15) is 23.3 Å². The van der Waals surface area contributed by atoms with Gasteiger partial charge in [0.25, 0.3) is 0 Å². The van der Waals surface area contributed by atoms with Gasteiger partial charge in [-0.3, -0.25) is 0 Å². The topological polar surface area (TPSA) is 71.2 Å². The van der Waals surface area contributed by atoms with Crippen molar-refractivity contribution >= 4 is 44.6 Å². The molecule has 1 aromatic carbocycles. The van der Waals surface area contributed by atoms with Crippen LogP contribution in [-0.2, 0) is 6.42 Å². The highest BCUT2D eigenvalue weighted by molar-refractivity contribution is 7.09. The van der Waals surface area contributed by atoms with E-state index in [4.69, 9.17) is 4.42 Å². The van der Waals surface area contributed by atoms with Gasteiger partial charge >= 0.3 is 0 Å². The largest absolute Gasteiger partial charge is 0.450 e. The molecule has 1 aliphatic rings. The number of anilines is 2. The molecule has 3 aromatic heterocycles. The SMILES string of the molecule is CCc1nsc(N2CCCN(c3ncnc4c3oc3ccccc34)CC2)n1. The summed E-state index contributed by atoms with van der Waals surface area (Å²) in [6.45, 7) is 5.75.